The molecule has 1 aliphatic heterocycles. The van der Waals surface area contributed by atoms with Gasteiger partial charge < -0.3 is 4.74 Å². The molecular weight excluding hydrogens is 384 g/mol. The number of rotatable bonds is 6. The molecule has 2 heterocycles. The van der Waals surface area contributed by atoms with Gasteiger partial charge in [-0.05, 0) is 39.2 Å². The molecule has 29 heavy (non-hydrogen) atoms. The Labute approximate surface area is 177 Å². The summed E-state index contributed by atoms with van der Waals surface area (Å²) in [5.41, 5.74) is 2.42. The van der Waals surface area contributed by atoms with E-state index in [1.807, 2.05) is 20.8 Å². The van der Waals surface area contributed by atoms with Crippen LogP contribution in [0.2, 0.25) is 0 Å². The standard InChI is InChI=1S/C23H30N2O3S/c1-5-6-7-8-9-16-10-12-17(13-11-16)21-24-18-14-25(15-19(26)20(18)29-21)22(27)28-23(2,3)4/h10-13H,5-9,14-15H2,1-4H3. The topological polar surface area (TPSA) is 59.5 Å². The van der Waals surface area contributed by atoms with Gasteiger partial charge in [-0.3, -0.25) is 9.69 Å². The van der Waals surface area contributed by atoms with Crippen LogP contribution < -0.4 is 0 Å². The van der Waals surface area contributed by atoms with E-state index >= 15 is 0 Å². The summed E-state index contributed by atoms with van der Waals surface area (Å²) in [6.45, 7) is 8.02. The van der Waals surface area contributed by atoms with E-state index in [0.29, 0.717) is 17.1 Å². The minimum Gasteiger partial charge on any atom is -0.444 e. The number of aromatic nitrogens is 1. The van der Waals surface area contributed by atoms with Crippen molar-refractivity contribution in [3.05, 3.63) is 40.4 Å². The Hall–Kier alpha value is -2.21. The molecule has 1 aliphatic rings. The minimum absolute atomic E-state index is 0.0419. The molecular formula is C23H30N2O3S. The lowest BCUT2D eigenvalue weighted by atomic mass is 10.0. The van der Waals surface area contributed by atoms with Gasteiger partial charge in [-0.15, -0.1) is 11.3 Å². The molecule has 0 saturated heterocycles. The second-order valence-electron chi connectivity index (χ2n) is 8.56. The van der Waals surface area contributed by atoms with Crippen LogP contribution in [0.3, 0.4) is 0 Å². The third-order valence-corrected chi connectivity index (χ3v) is 5.99. The van der Waals surface area contributed by atoms with Gasteiger partial charge in [0.05, 0.1) is 23.7 Å². The van der Waals surface area contributed by atoms with Gasteiger partial charge in [-0.2, -0.15) is 0 Å². The quantitative estimate of drug-likeness (QED) is 0.555. The molecule has 3 rings (SSSR count). The zero-order chi connectivity index (χ0) is 21.0. The van der Waals surface area contributed by atoms with Crippen LogP contribution in [0.25, 0.3) is 10.6 Å². The number of unbranched alkanes of at least 4 members (excludes halogenated alkanes) is 3. The fourth-order valence-corrected chi connectivity index (χ4v) is 4.32. The van der Waals surface area contributed by atoms with Crippen molar-refractivity contribution in [3.63, 3.8) is 0 Å². The fraction of sp³-hybridized carbons (Fsp3) is 0.522. The van der Waals surface area contributed by atoms with Crippen LogP contribution in [-0.4, -0.2) is 33.9 Å². The highest BCUT2D eigenvalue weighted by Gasteiger charge is 2.32. The number of benzene rings is 1. The van der Waals surface area contributed by atoms with Crippen LogP contribution in [0.4, 0.5) is 4.79 Å². The molecule has 1 aromatic carbocycles. The first-order valence-electron chi connectivity index (χ1n) is 10.4. The number of amides is 1. The van der Waals surface area contributed by atoms with Gasteiger partial charge in [-0.1, -0.05) is 50.5 Å². The summed E-state index contributed by atoms with van der Waals surface area (Å²) in [6.07, 6.45) is 5.65. The summed E-state index contributed by atoms with van der Waals surface area (Å²) in [4.78, 5) is 31.6. The smallest absolute Gasteiger partial charge is 0.411 e. The molecule has 1 amide bonds. The summed E-state index contributed by atoms with van der Waals surface area (Å²) in [6, 6.07) is 8.46. The number of thiazole rings is 1. The van der Waals surface area contributed by atoms with E-state index in [1.165, 1.54) is 47.5 Å². The second-order valence-corrected chi connectivity index (χ2v) is 9.56. The molecule has 5 nitrogen and oxygen atoms in total. The fourth-order valence-electron chi connectivity index (χ4n) is 3.31. The van der Waals surface area contributed by atoms with E-state index in [4.69, 9.17) is 4.74 Å². The largest absolute Gasteiger partial charge is 0.444 e. The third-order valence-electron chi connectivity index (χ3n) is 4.80. The maximum Gasteiger partial charge on any atom is 0.411 e. The van der Waals surface area contributed by atoms with Crippen LogP contribution in [0.15, 0.2) is 24.3 Å². The number of ether oxygens (including phenoxy) is 1. The highest BCUT2D eigenvalue weighted by molar-refractivity contribution is 7.17. The van der Waals surface area contributed by atoms with E-state index in [-0.39, 0.29) is 12.3 Å². The number of carbonyl (C=O) groups is 2. The molecule has 0 fully saturated rings. The van der Waals surface area contributed by atoms with Gasteiger partial charge in [0.25, 0.3) is 0 Å². The SMILES string of the molecule is CCCCCCc1ccc(-c2nc3c(s2)C(=O)CN(C(=O)OC(C)(C)C)C3)cc1. The molecule has 0 spiro atoms. The summed E-state index contributed by atoms with van der Waals surface area (Å²) >= 11 is 1.41. The number of carbonyl (C=O) groups excluding carboxylic acids is 2. The van der Waals surface area contributed by atoms with Crippen molar-refractivity contribution in [2.24, 2.45) is 0 Å². The predicted molar refractivity (Wildman–Crippen MR) is 116 cm³/mol. The molecule has 0 unspecified atom stereocenters. The zero-order valence-electron chi connectivity index (χ0n) is 17.8. The molecule has 0 N–H and O–H groups in total. The van der Waals surface area contributed by atoms with Crippen LogP contribution in [0, 0.1) is 0 Å². The Balaban J connectivity index is 1.69. The van der Waals surface area contributed by atoms with E-state index in [2.05, 4.69) is 36.2 Å². The number of nitrogens with zero attached hydrogens (tertiary/aromatic N) is 2. The number of ketones is 1. The number of hydrogen-bond acceptors (Lipinski definition) is 5. The van der Waals surface area contributed by atoms with Gasteiger partial charge in [0, 0.05) is 5.56 Å². The normalized spacial score (nSPS) is 14.1. The second kappa shape index (κ2) is 9.08. The average molecular weight is 415 g/mol. The van der Waals surface area contributed by atoms with E-state index in [1.54, 1.807) is 0 Å². The van der Waals surface area contributed by atoms with Crippen molar-refractivity contribution in [2.45, 2.75) is 71.9 Å². The maximum absolute atomic E-state index is 12.6. The lowest BCUT2D eigenvalue weighted by Gasteiger charge is -2.28. The molecule has 156 valence electrons. The number of hydrogen-bond donors (Lipinski definition) is 0. The van der Waals surface area contributed by atoms with Gasteiger partial charge in [-0.25, -0.2) is 9.78 Å². The number of aryl methyl sites for hydroxylation is 1. The van der Waals surface area contributed by atoms with Crippen LogP contribution >= 0.6 is 11.3 Å². The predicted octanol–water partition coefficient (Wildman–Crippen LogP) is 5.87. The zero-order valence-corrected chi connectivity index (χ0v) is 18.6. The summed E-state index contributed by atoms with van der Waals surface area (Å²) < 4.78 is 5.40. The molecule has 0 saturated carbocycles. The van der Waals surface area contributed by atoms with E-state index < -0.39 is 11.7 Å². The van der Waals surface area contributed by atoms with Crippen LogP contribution in [-0.2, 0) is 17.7 Å². The highest BCUT2D eigenvalue weighted by Crippen LogP contribution is 2.32. The molecule has 0 atom stereocenters. The first kappa shape index (κ1) is 21.5. The van der Waals surface area contributed by atoms with E-state index in [9.17, 15) is 9.59 Å². The minimum atomic E-state index is -0.591. The molecule has 6 heteroatoms. The first-order chi connectivity index (χ1) is 13.8. The number of fused-ring (bicyclic) bond motifs is 1. The monoisotopic (exact) mass is 414 g/mol. The van der Waals surface area contributed by atoms with Crippen molar-refractivity contribution in [1.82, 2.24) is 9.88 Å². The Morgan fingerprint density at radius 2 is 1.86 bits per heavy atom. The number of Topliss-reactive ketones (excluding diaryl/α,β-unsaturated/α-hetero) is 1. The van der Waals surface area contributed by atoms with Crippen LogP contribution in [0.5, 0.6) is 0 Å². The molecule has 0 radical (unpaired) electrons. The summed E-state index contributed by atoms with van der Waals surface area (Å²) in [5, 5.41) is 0.826. The third kappa shape index (κ3) is 5.66. The summed E-state index contributed by atoms with van der Waals surface area (Å²) in [7, 11) is 0. The lowest BCUT2D eigenvalue weighted by Crippen LogP contribution is -2.42. The first-order valence-corrected chi connectivity index (χ1v) is 11.2. The van der Waals surface area contributed by atoms with Gasteiger partial charge in [0.2, 0.25) is 0 Å². The molecule has 0 aliphatic carbocycles. The van der Waals surface area contributed by atoms with Gasteiger partial charge in [0.15, 0.2) is 5.78 Å². The average Bonchev–Trinajstić information content (AvgIpc) is 3.09. The summed E-state index contributed by atoms with van der Waals surface area (Å²) in [5.74, 6) is -0.0756. The van der Waals surface area contributed by atoms with Crippen molar-refractivity contribution in [1.29, 1.82) is 0 Å². The molecule has 1 aromatic heterocycles. The molecule has 0 bridgehead atoms. The van der Waals surface area contributed by atoms with Crippen molar-refractivity contribution >= 4 is 23.2 Å². The van der Waals surface area contributed by atoms with Gasteiger partial charge >= 0.3 is 6.09 Å². The Morgan fingerprint density at radius 3 is 2.52 bits per heavy atom. The molecule has 2 aromatic rings. The van der Waals surface area contributed by atoms with E-state index in [0.717, 1.165) is 17.0 Å². The lowest BCUT2D eigenvalue weighted by molar-refractivity contribution is 0.0219. The Kier molecular flexibility index (Phi) is 6.73. The van der Waals surface area contributed by atoms with Gasteiger partial charge in [0.1, 0.15) is 10.6 Å². The highest BCUT2D eigenvalue weighted by atomic mass is 32.1. The van der Waals surface area contributed by atoms with Crippen molar-refractivity contribution in [2.75, 3.05) is 6.54 Å². The maximum atomic E-state index is 12.6. The Morgan fingerprint density at radius 1 is 1.14 bits per heavy atom. The van der Waals surface area contributed by atoms with Crippen molar-refractivity contribution in [3.8, 4) is 10.6 Å². The Bertz CT molecular complexity index is 865. The van der Waals surface area contributed by atoms with Crippen LogP contribution in [0.1, 0.15) is 74.3 Å². The van der Waals surface area contributed by atoms with Crippen molar-refractivity contribution < 1.29 is 14.3 Å².